The first-order valence-corrected chi connectivity index (χ1v) is 7.06. The molecule has 4 heteroatoms. The molecule has 1 amide bonds. The minimum absolute atomic E-state index is 0.0325. The predicted octanol–water partition coefficient (Wildman–Crippen LogP) is 2.41. The number of nitrogens with one attached hydrogen (secondary N) is 1. The Kier molecular flexibility index (Phi) is 7.11. The average molecular weight is 263 g/mol. The van der Waals surface area contributed by atoms with Crippen molar-refractivity contribution < 1.29 is 4.79 Å². The smallest absolute Gasteiger partial charge is 0.220 e. The fourth-order valence-corrected chi connectivity index (χ4v) is 2.17. The summed E-state index contributed by atoms with van der Waals surface area (Å²) in [5, 5.41) is 3.02. The van der Waals surface area contributed by atoms with Crippen LogP contribution in [0.2, 0.25) is 0 Å². The summed E-state index contributed by atoms with van der Waals surface area (Å²) in [6.45, 7) is 4.84. The number of hydrogen-bond donors (Lipinski definition) is 2. The molecule has 0 bridgehead atoms. The van der Waals surface area contributed by atoms with Gasteiger partial charge in [0.2, 0.25) is 5.91 Å². The second-order valence-corrected chi connectivity index (χ2v) is 4.96. The molecule has 106 valence electrons. The van der Waals surface area contributed by atoms with E-state index in [1.54, 1.807) is 12.4 Å². The summed E-state index contributed by atoms with van der Waals surface area (Å²) in [6.07, 6.45) is 7.07. The largest absolute Gasteiger partial charge is 0.350 e. The zero-order valence-electron chi connectivity index (χ0n) is 11.9. The van der Waals surface area contributed by atoms with Crippen LogP contribution in [-0.2, 0) is 4.79 Å². The molecule has 0 aromatic carbocycles. The van der Waals surface area contributed by atoms with Gasteiger partial charge in [-0.2, -0.15) is 0 Å². The minimum atomic E-state index is 0.0325. The molecular formula is C15H25N3O. The van der Waals surface area contributed by atoms with Crippen molar-refractivity contribution in [2.45, 2.75) is 45.6 Å². The Balaban J connectivity index is 2.35. The summed E-state index contributed by atoms with van der Waals surface area (Å²) in [6, 6.07) is 3.88. The molecule has 1 aromatic heterocycles. The number of nitrogens with two attached hydrogens (primary N) is 1. The summed E-state index contributed by atoms with van der Waals surface area (Å²) in [5.41, 5.74) is 6.64. The van der Waals surface area contributed by atoms with Crippen molar-refractivity contribution >= 4 is 5.91 Å². The Labute approximate surface area is 115 Å². The van der Waals surface area contributed by atoms with Crippen LogP contribution in [0.1, 0.15) is 51.1 Å². The van der Waals surface area contributed by atoms with Gasteiger partial charge in [-0.25, -0.2) is 0 Å². The number of aromatic nitrogens is 1. The SMILES string of the molecule is CCC(CCN)CCC(=O)NC(C)c1ccncc1. The normalized spacial score (nSPS) is 13.8. The van der Waals surface area contributed by atoms with Crippen molar-refractivity contribution in [2.24, 2.45) is 11.7 Å². The van der Waals surface area contributed by atoms with E-state index in [1.165, 1.54) is 0 Å². The molecule has 0 fully saturated rings. The quantitative estimate of drug-likeness (QED) is 0.757. The minimum Gasteiger partial charge on any atom is -0.350 e. The molecule has 0 saturated carbocycles. The molecule has 0 aliphatic rings. The van der Waals surface area contributed by atoms with Crippen molar-refractivity contribution in [3.8, 4) is 0 Å². The first kappa shape index (κ1) is 15.6. The van der Waals surface area contributed by atoms with Crippen molar-refractivity contribution in [3.05, 3.63) is 30.1 Å². The molecule has 0 aliphatic heterocycles. The molecule has 0 aliphatic carbocycles. The van der Waals surface area contributed by atoms with Gasteiger partial charge in [0.1, 0.15) is 0 Å². The van der Waals surface area contributed by atoms with E-state index >= 15 is 0 Å². The molecule has 0 spiro atoms. The maximum atomic E-state index is 11.9. The van der Waals surface area contributed by atoms with Crippen LogP contribution >= 0.6 is 0 Å². The highest BCUT2D eigenvalue weighted by Gasteiger charge is 2.12. The molecule has 4 nitrogen and oxygen atoms in total. The molecule has 1 aromatic rings. The van der Waals surface area contributed by atoms with Crippen LogP contribution in [0.25, 0.3) is 0 Å². The monoisotopic (exact) mass is 263 g/mol. The molecule has 1 rings (SSSR count). The van der Waals surface area contributed by atoms with Crippen molar-refractivity contribution in [2.75, 3.05) is 6.54 Å². The van der Waals surface area contributed by atoms with E-state index in [0.717, 1.165) is 24.8 Å². The molecule has 1 heterocycles. The molecule has 2 atom stereocenters. The Morgan fingerprint density at radius 2 is 2.05 bits per heavy atom. The van der Waals surface area contributed by atoms with Crippen molar-refractivity contribution in [3.63, 3.8) is 0 Å². The third-order valence-electron chi connectivity index (χ3n) is 3.52. The van der Waals surface area contributed by atoms with Gasteiger partial charge in [-0.3, -0.25) is 9.78 Å². The molecule has 19 heavy (non-hydrogen) atoms. The second kappa shape index (κ2) is 8.64. The molecule has 0 radical (unpaired) electrons. The molecule has 2 unspecified atom stereocenters. The third-order valence-corrected chi connectivity index (χ3v) is 3.52. The van der Waals surface area contributed by atoms with E-state index in [-0.39, 0.29) is 11.9 Å². The molecular weight excluding hydrogens is 238 g/mol. The Morgan fingerprint density at radius 1 is 1.37 bits per heavy atom. The van der Waals surface area contributed by atoms with Crippen molar-refractivity contribution in [1.29, 1.82) is 0 Å². The summed E-state index contributed by atoms with van der Waals surface area (Å²) in [5.74, 6) is 0.673. The lowest BCUT2D eigenvalue weighted by Gasteiger charge is -2.16. The lowest BCUT2D eigenvalue weighted by atomic mass is 9.96. The van der Waals surface area contributed by atoms with Crippen LogP contribution in [0.5, 0.6) is 0 Å². The van der Waals surface area contributed by atoms with Gasteiger partial charge in [-0.15, -0.1) is 0 Å². The topological polar surface area (TPSA) is 68.0 Å². The number of pyridine rings is 1. The number of hydrogen-bond acceptors (Lipinski definition) is 3. The highest BCUT2D eigenvalue weighted by molar-refractivity contribution is 5.76. The maximum Gasteiger partial charge on any atom is 0.220 e. The van der Waals surface area contributed by atoms with Gasteiger partial charge < -0.3 is 11.1 Å². The van der Waals surface area contributed by atoms with Crippen LogP contribution in [0.15, 0.2) is 24.5 Å². The Morgan fingerprint density at radius 3 is 2.63 bits per heavy atom. The van der Waals surface area contributed by atoms with Crippen LogP contribution < -0.4 is 11.1 Å². The summed E-state index contributed by atoms with van der Waals surface area (Å²) >= 11 is 0. The summed E-state index contributed by atoms with van der Waals surface area (Å²) in [4.78, 5) is 15.9. The highest BCUT2D eigenvalue weighted by atomic mass is 16.1. The number of carbonyl (C=O) groups is 1. The van der Waals surface area contributed by atoms with Crippen LogP contribution in [-0.4, -0.2) is 17.4 Å². The second-order valence-electron chi connectivity index (χ2n) is 4.96. The summed E-state index contributed by atoms with van der Waals surface area (Å²) in [7, 11) is 0. The third kappa shape index (κ3) is 5.83. The molecule has 3 N–H and O–H groups in total. The predicted molar refractivity (Wildman–Crippen MR) is 77.5 cm³/mol. The van der Waals surface area contributed by atoms with Gasteiger partial charge in [-0.05, 0) is 49.9 Å². The van der Waals surface area contributed by atoms with Crippen molar-refractivity contribution in [1.82, 2.24) is 10.3 Å². The van der Waals surface area contributed by atoms with E-state index in [2.05, 4.69) is 17.2 Å². The standard InChI is InChI=1S/C15H25N3O/c1-3-13(6-9-16)4-5-15(19)18-12(2)14-7-10-17-11-8-14/h7-8,10-13H,3-6,9,16H2,1-2H3,(H,18,19). The van der Waals surface area contributed by atoms with E-state index in [4.69, 9.17) is 5.73 Å². The van der Waals surface area contributed by atoms with Crippen LogP contribution in [0.3, 0.4) is 0 Å². The maximum absolute atomic E-state index is 11.9. The van der Waals surface area contributed by atoms with Gasteiger partial charge in [0.05, 0.1) is 6.04 Å². The van der Waals surface area contributed by atoms with E-state index in [9.17, 15) is 4.79 Å². The zero-order valence-corrected chi connectivity index (χ0v) is 11.9. The highest BCUT2D eigenvalue weighted by Crippen LogP contribution is 2.15. The average Bonchev–Trinajstić information content (AvgIpc) is 2.44. The first-order valence-electron chi connectivity index (χ1n) is 7.06. The van der Waals surface area contributed by atoms with Crippen LogP contribution in [0, 0.1) is 5.92 Å². The first-order chi connectivity index (χ1) is 9.17. The van der Waals surface area contributed by atoms with Gasteiger partial charge in [0.25, 0.3) is 0 Å². The summed E-state index contributed by atoms with van der Waals surface area (Å²) < 4.78 is 0. The van der Waals surface area contributed by atoms with Gasteiger partial charge in [0, 0.05) is 18.8 Å². The Bertz CT molecular complexity index is 367. The number of rotatable bonds is 8. The van der Waals surface area contributed by atoms with Gasteiger partial charge in [0.15, 0.2) is 0 Å². The number of nitrogens with zero attached hydrogens (tertiary/aromatic N) is 1. The number of amides is 1. The number of carbonyl (C=O) groups excluding carboxylic acids is 1. The van der Waals surface area contributed by atoms with E-state index in [1.807, 2.05) is 19.1 Å². The zero-order chi connectivity index (χ0) is 14.1. The van der Waals surface area contributed by atoms with Gasteiger partial charge in [-0.1, -0.05) is 13.3 Å². The van der Waals surface area contributed by atoms with E-state index < -0.39 is 0 Å². The fourth-order valence-electron chi connectivity index (χ4n) is 2.17. The molecule has 0 saturated heterocycles. The lowest BCUT2D eigenvalue weighted by molar-refractivity contribution is -0.122. The Hall–Kier alpha value is -1.42. The van der Waals surface area contributed by atoms with Gasteiger partial charge >= 0.3 is 0 Å². The van der Waals surface area contributed by atoms with E-state index in [0.29, 0.717) is 18.9 Å². The fraction of sp³-hybridized carbons (Fsp3) is 0.600. The lowest BCUT2D eigenvalue weighted by Crippen LogP contribution is -2.27. The van der Waals surface area contributed by atoms with Crippen LogP contribution in [0.4, 0.5) is 0 Å².